The fraction of sp³-hybridized carbons (Fsp3) is 0.350. The van der Waals surface area contributed by atoms with E-state index in [9.17, 15) is 37.4 Å². The van der Waals surface area contributed by atoms with Crippen LogP contribution in [0, 0.1) is 5.41 Å². The van der Waals surface area contributed by atoms with Gasteiger partial charge in [-0.25, -0.2) is 9.48 Å². The molecule has 0 aliphatic carbocycles. The number of alkyl halides is 3. The summed E-state index contributed by atoms with van der Waals surface area (Å²) in [6.07, 6.45) is -5.08. The maximum atomic E-state index is 13.3. The third kappa shape index (κ3) is 7.74. The van der Waals surface area contributed by atoms with Gasteiger partial charge in [-0.15, -0.1) is 10.2 Å². The second-order valence-electron chi connectivity index (χ2n) is 7.84. The lowest BCUT2D eigenvalue weighted by molar-refractivity contribution is -0.192. The summed E-state index contributed by atoms with van der Waals surface area (Å²) in [5.74, 6) is -4.31. The number of halogens is 9. The molecule has 20 heteroatoms. The first-order chi connectivity index (χ1) is 18.0. The summed E-state index contributed by atoms with van der Waals surface area (Å²) in [6, 6.07) is 2.66. The number of hydrogen-bond acceptors (Lipinski definition) is 7. The number of ketones is 1. The highest BCUT2D eigenvalue weighted by Crippen LogP contribution is 3.02. The van der Waals surface area contributed by atoms with Gasteiger partial charge >= 0.3 is 22.4 Å². The molecule has 0 aliphatic heterocycles. The molecule has 0 unspecified atom stereocenters. The Morgan fingerprint density at radius 2 is 1.62 bits per heavy atom. The van der Waals surface area contributed by atoms with E-state index in [1.54, 1.807) is 6.07 Å². The van der Waals surface area contributed by atoms with E-state index in [1.165, 1.54) is 0 Å². The van der Waals surface area contributed by atoms with E-state index in [-0.39, 0.29) is 28.6 Å². The van der Waals surface area contributed by atoms with Crippen molar-refractivity contribution >= 4 is 44.9 Å². The smallest absolute Gasteiger partial charge is 0.490 e. The molecule has 10 nitrogen and oxygen atoms in total. The predicted octanol–water partition coefficient (Wildman–Crippen LogP) is 5.69. The number of hydrogen-bond donors (Lipinski definition) is 2. The molecule has 0 saturated carbocycles. The number of carboxylic acids is 1. The van der Waals surface area contributed by atoms with Crippen molar-refractivity contribution in [2.45, 2.75) is 31.5 Å². The molecule has 224 valence electrons. The lowest BCUT2D eigenvalue weighted by Gasteiger charge is -2.40. The van der Waals surface area contributed by atoms with Crippen molar-refractivity contribution in [1.29, 1.82) is 5.41 Å². The number of nitrogens with zero attached hydrogens (tertiary/aromatic N) is 5. The highest BCUT2D eigenvalue weighted by atomic mass is 35.5. The van der Waals surface area contributed by atoms with Crippen molar-refractivity contribution in [2.75, 3.05) is 25.1 Å². The SMILES string of the molecule is CCN(CC)c1cc2nn(CC(=O)c3cc(OC)cc(S(F)(F)(F)(F)F)c3)c(=N)n2nc1Cl.O=C(O)C(F)(F)F. The first kappa shape index (κ1) is 32.6. The molecule has 40 heavy (non-hydrogen) atoms. The van der Waals surface area contributed by atoms with E-state index < -0.39 is 50.9 Å². The van der Waals surface area contributed by atoms with E-state index in [2.05, 4.69) is 14.9 Å². The van der Waals surface area contributed by atoms with Gasteiger partial charge < -0.3 is 14.7 Å². The Morgan fingerprint density at radius 1 is 1.07 bits per heavy atom. The molecule has 0 fully saturated rings. The van der Waals surface area contributed by atoms with Crippen LogP contribution in [-0.2, 0) is 11.3 Å². The second kappa shape index (κ2) is 10.4. The minimum absolute atomic E-state index is 0.0694. The summed E-state index contributed by atoms with van der Waals surface area (Å²) in [6.45, 7) is 4.34. The zero-order chi connectivity index (χ0) is 30.9. The van der Waals surface area contributed by atoms with E-state index in [4.69, 9.17) is 26.9 Å². The number of carbonyl (C=O) groups is 2. The average molecular weight is 629 g/mol. The molecular formula is C20H21ClF8N6O4S. The molecule has 2 heterocycles. The van der Waals surface area contributed by atoms with E-state index >= 15 is 0 Å². The number of aliphatic carboxylic acids is 1. The van der Waals surface area contributed by atoms with Crippen LogP contribution in [0.5, 0.6) is 5.75 Å². The van der Waals surface area contributed by atoms with Gasteiger partial charge in [-0.2, -0.15) is 17.7 Å². The first-order valence-electron chi connectivity index (χ1n) is 10.7. The van der Waals surface area contributed by atoms with Gasteiger partial charge in [0.2, 0.25) is 5.62 Å². The molecule has 0 atom stereocenters. The number of aromatic nitrogens is 4. The molecule has 3 rings (SSSR count). The molecule has 2 N–H and O–H groups in total. The Kier molecular flexibility index (Phi) is 8.49. The zero-order valence-corrected chi connectivity index (χ0v) is 22.2. The molecule has 1 aromatic carbocycles. The number of methoxy groups -OCH3 is 1. The van der Waals surface area contributed by atoms with Gasteiger partial charge in [0.1, 0.15) is 17.2 Å². The fourth-order valence-electron chi connectivity index (χ4n) is 3.14. The predicted molar refractivity (Wildman–Crippen MR) is 128 cm³/mol. The molecule has 0 bridgehead atoms. The number of rotatable bonds is 8. The maximum Gasteiger partial charge on any atom is 0.490 e. The van der Waals surface area contributed by atoms with Crippen LogP contribution in [0.3, 0.4) is 0 Å². The molecular weight excluding hydrogens is 608 g/mol. The fourth-order valence-corrected chi connectivity index (χ4v) is 4.08. The van der Waals surface area contributed by atoms with Crippen LogP contribution >= 0.6 is 21.8 Å². The normalized spacial score (nSPS) is 13.6. The number of Topliss-reactive ketones (excluding diaryl/α,β-unsaturated/α-hetero) is 1. The summed E-state index contributed by atoms with van der Waals surface area (Å²) >= 11 is 6.21. The Balaban J connectivity index is 0.000000708. The lowest BCUT2D eigenvalue weighted by Crippen LogP contribution is -2.27. The van der Waals surface area contributed by atoms with Crippen LogP contribution in [-0.4, -0.2) is 62.6 Å². The number of ether oxygens (including phenoxy) is 1. The third-order valence-corrected chi connectivity index (χ3v) is 6.47. The highest BCUT2D eigenvalue weighted by molar-refractivity contribution is 8.45. The summed E-state index contributed by atoms with van der Waals surface area (Å²) in [5, 5.41) is 23.6. The molecule has 0 radical (unpaired) electrons. The Bertz CT molecular complexity index is 1500. The standard InChI is InChI=1S/C18H20ClF5N6O2S.C2HF3O2/c1-4-28(5-2)14-9-16-26-29(18(25)30(16)27-17(14)19)10-15(31)11-6-12(32-3)8-13(7-11)33(20,21,22,23)24;3-2(4,5)1(6)7/h6-9,25H,4-5,10H2,1-3H3;(H,6,7). The van der Waals surface area contributed by atoms with Gasteiger partial charge in [0.05, 0.1) is 12.8 Å². The largest absolute Gasteiger partial charge is 0.497 e. The lowest BCUT2D eigenvalue weighted by atomic mass is 10.1. The van der Waals surface area contributed by atoms with Gasteiger partial charge in [0.15, 0.2) is 16.6 Å². The molecule has 3 aromatic rings. The summed E-state index contributed by atoms with van der Waals surface area (Å²) < 4.78 is 105. The quantitative estimate of drug-likeness (QED) is 0.242. The zero-order valence-electron chi connectivity index (χ0n) is 20.6. The number of carbonyl (C=O) groups excluding carboxylic acids is 1. The minimum atomic E-state index is -10.1. The van der Waals surface area contributed by atoms with Gasteiger partial charge in [0.25, 0.3) is 0 Å². The highest BCUT2D eigenvalue weighted by Gasteiger charge is 2.65. The van der Waals surface area contributed by atoms with Crippen LogP contribution < -0.4 is 15.3 Å². The van der Waals surface area contributed by atoms with Crippen LogP contribution in [0.25, 0.3) is 5.65 Å². The topological polar surface area (TPSA) is 126 Å². The van der Waals surface area contributed by atoms with Crippen LogP contribution in [0.1, 0.15) is 24.2 Å². The van der Waals surface area contributed by atoms with Gasteiger partial charge in [0, 0.05) is 30.8 Å². The van der Waals surface area contributed by atoms with E-state index in [0.29, 0.717) is 18.8 Å². The van der Waals surface area contributed by atoms with Gasteiger partial charge in [-0.05, 0) is 26.0 Å². The monoisotopic (exact) mass is 628 g/mol. The Hall–Kier alpha value is -3.61. The molecule has 0 spiro atoms. The number of anilines is 1. The van der Waals surface area contributed by atoms with Gasteiger partial charge in [-0.1, -0.05) is 31.0 Å². The van der Waals surface area contributed by atoms with Crippen LogP contribution in [0.2, 0.25) is 5.15 Å². The number of benzene rings is 1. The van der Waals surface area contributed by atoms with Crippen LogP contribution in [0.4, 0.5) is 38.3 Å². The third-order valence-electron chi connectivity index (χ3n) is 5.07. The van der Waals surface area contributed by atoms with Crippen molar-refractivity contribution in [3.63, 3.8) is 0 Å². The summed E-state index contributed by atoms with van der Waals surface area (Å²) in [7, 11) is -9.08. The van der Waals surface area contributed by atoms with Crippen LogP contribution in [0.15, 0.2) is 29.2 Å². The van der Waals surface area contributed by atoms with E-state index in [1.807, 2.05) is 18.7 Å². The summed E-state index contributed by atoms with van der Waals surface area (Å²) in [5.41, 5.74) is -0.345. The Labute approximate surface area is 224 Å². The molecule has 2 aromatic heterocycles. The van der Waals surface area contributed by atoms with Crippen molar-refractivity contribution in [1.82, 2.24) is 19.4 Å². The van der Waals surface area contributed by atoms with Crippen molar-refractivity contribution < 1.29 is 52.0 Å². The Morgan fingerprint density at radius 3 is 2.08 bits per heavy atom. The molecule has 0 amide bonds. The minimum Gasteiger partial charge on any atom is -0.497 e. The second-order valence-corrected chi connectivity index (χ2v) is 10.6. The number of carboxylic acid groups (broad SMARTS) is 1. The van der Waals surface area contributed by atoms with Crippen molar-refractivity contribution in [2.24, 2.45) is 0 Å². The number of nitrogens with one attached hydrogen (secondary N) is 1. The molecule has 0 aliphatic rings. The maximum absolute atomic E-state index is 13.3. The van der Waals surface area contributed by atoms with Gasteiger partial charge in [-0.3, -0.25) is 10.2 Å². The molecule has 0 saturated heterocycles. The van der Waals surface area contributed by atoms with Crippen molar-refractivity contribution in [3.8, 4) is 5.75 Å². The summed E-state index contributed by atoms with van der Waals surface area (Å²) in [4.78, 5) is 21.2. The number of fused-ring (bicyclic) bond motifs is 1. The van der Waals surface area contributed by atoms with Crippen molar-refractivity contribution in [3.05, 3.63) is 40.6 Å². The van der Waals surface area contributed by atoms with E-state index in [0.717, 1.165) is 22.4 Å². The first-order valence-corrected chi connectivity index (χ1v) is 13.1. The average Bonchev–Trinajstić information content (AvgIpc) is 3.12.